The number of amides is 2. The van der Waals surface area contributed by atoms with E-state index in [0.717, 1.165) is 11.8 Å². The molecular formula is C18H20ClF3N6O2. The summed E-state index contributed by atoms with van der Waals surface area (Å²) in [4.78, 5) is 30.0. The Hall–Kier alpha value is -2.82. The Kier molecular flexibility index (Phi) is 6.20. The first-order chi connectivity index (χ1) is 14.1. The van der Waals surface area contributed by atoms with E-state index in [1.54, 1.807) is 22.7 Å². The Morgan fingerprint density at radius 2 is 2.10 bits per heavy atom. The summed E-state index contributed by atoms with van der Waals surface area (Å²) < 4.78 is 39.5. The standard InChI is InChI=1S/C18H20ClF3N6O2/c1-10-7-15(27(2)26-10)28-6-4-13(17(28)30)25-14(29)3-5-23-16-12(19)8-11(9-24-16)18(20,21)22/h7-9,13H,3-6H2,1-2H3,(H,23,24)(H,25,29). The molecule has 0 saturated carbocycles. The maximum Gasteiger partial charge on any atom is 0.417 e. The number of halogens is 4. The number of rotatable bonds is 6. The number of anilines is 2. The zero-order valence-corrected chi connectivity index (χ0v) is 17.0. The van der Waals surface area contributed by atoms with Crippen molar-refractivity contribution in [1.82, 2.24) is 20.1 Å². The molecule has 30 heavy (non-hydrogen) atoms. The van der Waals surface area contributed by atoms with Gasteiger partial charge >= 0.3 is 6.18 Å². The Morgan fingerprint density at radius 1 is 1.37 bits per heavy atom. The fourth-order valence-electron chi connectivity index (χ4n) is 3.17. The minimum Gasteiger partial charge on any atom is -0.368 e. The van der Waals surface area contributed by atoms with Gasteiger partial charge in [0, 0.05) is 38.8 Å². The van der Waals surface area contributed by atoms with E-state index in [4.69, 9.17) is 11.6 Å². The smallest absolute Gasteiger partial charge is 0.368 e. The topological polar surface area (TPSA) is 92.2 Å². The molecule has 2 aromatic heterocycles. The highest BCUT2D eigenvalue weighted by Crippen LogP contribution is 2.32. The van der Waals surface area contributed by atoms with Crippen molar-refractivity contribution in [3.05, 3.63) is 34.6 Å². The molecule has 0 aromatic carbocycles. The van der Waals surface area contributed by atoms with E-state index in [0.29, 0.717) is 25.0 Å². The van der Waals surface area contributed by atoms with Crippen molar-refractivity contribution < 1.29 is 22.8 Å². The highest BCUT2D eigenvalue weighted by atomic mass is 35.5. The van der Waals surface area contributed by atoms with Gasteiger partial charge in [-0.25, -0.2) is 4.98 Å². The molecular weight excluding hydrogens is 425 g/mol. The summed E-state index contributed by atoms with van der Waals surface area (Å²) in [5.41, 5.74) is -0.168. The number of nitrogens with one attached hydrogen (secondary N) is 2. The average molecular weight is 445 g/mol. The molecule has 1 atom stereocenters. The molecule has 0 spiro atoms. The van der Waals surface area contributed by atoms with E-state index in [2.05, 4.69) is 20.7 Å². The monoisotopic (exact) mass is 444 g/mol. The summed E-state index contributed by atoms with van der Waals surface area (Å²) in [5.74, 6) is 0.129. The number of carbonyl (C=O) groups is 2. The molecule has 3 rings (SSSR count). The van der Waals surface area contributed by atoms with Crippen LogP contribution in [0, 0.1) is 6.92 Å². The summed E-state index contributed by atoms with van der Waals surface area (Å²) >= 11 is 5.81. The number of alkyl halides is 3. The number of hydrogen-bond donors (Lipinski definition) is 2. The Bertz CT molecular complexity index is 962. The van der Waals surface area contributed by atoms with Gasteiger partial charge in [0.1, 0.15) is 17.7 Å². The third-order valence-corrected chi connectivity index (χ3v) is 4.90. The molecule has 0 radical (unpaired) electrons. The second kappa shape index (κ2) is 8.50. The van der Waals surface area contributed by atoms with E-state index in [1.807, 2.05) is 6.92 Å². The molecule has 2 N–H and O–H groups in total. The van der Waals surface area contributed by atoms with Crippen LogP contribution in [-0.2, 0) is 22.8 Å². The molecule has 0 aliphatic carbocycles. The molecule has 2 amide bonds. The van der Waals surface area contributed by atoms with Gasteiger partial charge in [-0.3, -0.25) is 19.2 Å². The van der Waals surface area contributed by atoms with Crippen molar-refractivity contribution in [3.8, 4) is 0 Å². The Balaban J connectivity index is 1.50. The predicted octanol–water partition coefficient (Wildman–Crippen LogP) is 2.52. The fourth-order valence-corrected chi connectivity index (χ4v) is 3.41. The maximum absolute atomic E-state index is 12.6. The van der Waals surface area contributed by atoms with Crippen LogP contribution >= 0.6 is 11.6 Å². The van der Waals surface area contributed by atoms with Crippen molar-refractivity contribution in [2.45, 2.75) is 32.0 Å². The summed E-state index contributed by atoms with van der Waals surface area (Å²) in [5, 5.41) is 9.43. The molecule has 1 fully saturated rings. The van der Waals surface area contributed by atoms with Crippen LogP contribution in [0.3, 0.4) is 0 Å². The number of aromatic nitrogens is 3. The zero-order valence-electron chi connectivity index (χ0n) is 16.3. The first kappa shape index (κ1) is 21.9. The van der Waals surface area contributed by atoms with Crippen LogP contribution < -0.4 is 15.5 Å². The molecule has 1 saturated heterocycles. The number of pyridine rings is 1. The van der Waals surface area contributed by atoms with Crippen molar-refractivity contribution in [1.29, 1.82) is 0 Å². The molecule has 3 heterocycles. The van der Waals surface area contributed by atoms with Crippen LogP contribution in [0.25, 0.3) is 0 Å². The summed E-state index contributed by atoms with van der Waals surface area (Å²) in [6.45, 7) is 2.38. The largest absolute Gasteiger partial charge is 0.417 e. The number of nitrogens with zero attached hydrogens (tertiary/aromatic N) is 4. The van der Waals surface area contributed by atoms with Gasteiger partial charge in [0.15, 0.2) is 0 Å². The lowest BCUT2D eigenvalue weighted by molar-refractivity contribution is -0.137. The van der Waals surface area contributed by atoms with Crippen LogP contribution in [0.4, 0.5) is 24.8 Å². The van der Waals surface area contributed by atoms with Crippen molar-refractivity contribution in [2.24, 2.45) is 7.05 Å². The number of hydrogen-bond acceptors (Lipinski definition) is 5. The molecule has 1 aliphatic heterocycles. The molecule has 1 unspecified atom stereocenters. The zero-order chi connectivity index (χ0) is 22.1. The van der Waals surface area contributed by atoms with Crippen LogP contribution in [-0.4, -0.2) is 45.7 Å². The quantitative estimate of drug-likeness (QED) is 0.714. The van der Waals surface area contributed by atoms with Gasteiger partial charge in [0.25, 0.3) is 5.91 Å². The van der Waals surface area contributed by atoms with E-state index < -0.39 is 17.8 Å². The lowest BCUT2D eigenvalue weighted by Gasteiger charge is -2.17. The second-order valence-electron chi connectivity index (χ2n) is 6.90. The molecule has 2 aromatic rings. The number of carbonyl (C=O) groups excluding carboxylic acids is 2. The molecule has 162 valence electrons. The van der Waals surface area contributed by atoms with Crippen LogP contribution in [0.1, 0.15) is 24.1 Å². The molecule has 8 nitrogen and oxygen atoms in total. The maximum atomic E-state index is 12.6. The lowest BCUT2D eigenvalue weighted by Crippen LogP contribution is -2.42. The fraction of sp³-hybridized carbons (Fsp3) is 0.444. The van der Waals surface area contributed by atoms with Gasteiger partial charge in [0.05, 0.1) is 16.3 Å². The first-order valence-corrected chi connectivity index (χ1v) is 9.52. The molecule has 1 aliphatic rings. The van der Waals surface area contributed by atoms with E-state index >= 15 is 0 Å². The van der Waals surface area contributed by atoms with Crippen LogP contribution in [0.2, 0.25) is 5.02 Å². The van der Waals surface area contributed by atoms with Gasteiger partial charge in [-0.15, -0.1) is 0 Å². The van der Waals surface area contributed by atoms with E-state index in [9.17, 15) is 22.8 Å². The highest BCUT2D eigenvalue weighted by molar-refractivity contribution is 6.33. The van der Waals surface area contributed by atoms with E-state index in [1.165, 1.54) is 0 Å². The van der Waals surface area contributed by atoms with Gasteiger partial charge in [-0.05, 0) is 19.4 Å². The Labute approximate surface area is 175 Å². The van der Waals surface area contributed by atoms with Crippen molar-refractivity contribution in [2.75, 3.05) is 23.3 Å². The Morgan fingerprint density at radius 3 is 2.70 bits per heavy atom. The van der Waals surface area contributed by atoms with E-state index in [-0.39, 0.29) is 35.6 Å². The van der Waals surface area contributed by atoms with Gasteiger partial charge < -0.3 is 10.6 Å². The first-order valence-electron chi connectivity index (χ1n) is 9.14. The van der Waals surface area contributed by atoms with Crippen LogP contribution in [0.5, 0.6) is 0 Å². The van der Waals surface area contributed by atoms with Gasteiger partial charge in [-0.1, -0.05) is 11.6 Å². The van der Waals surface area contributed by atoms with Crippen LogP contribution in [0.15, 0.2) is 18.3 Å². The van der Waals surface area contributed by atoms with Gasteiger partial charge in [0.2, 0.25) is 5.91 Å². The SMILES string of the molecule is Cc1cc(N2CCC(NC(=O)CCNc3ncc(C(F)(F)F)cc3Cl)C2=O)n(C)n1. The minimum absolute atomic E-state index is 0.00632. The van der Waals surface area contributed by atoms with Crippen molar-refractivity contribution in [3.63, 3.8) is 0 Å². The van der Waals surface area contributed by atoms with Gasteiger partial charge in [-0.2, -0.15) is 18.3 Å². The second-order valence-corrected chi connectivity index (χ2v) is 7.30. The number of aryl methyl sites for hydroxylation is 2. The molecule has 0 bridgehead atoms. The lowest BCUT2D eigenvalue weighted by atomic mass is 10.2. The molecule has 12 heteroatoms. The third-order valence-electron chi connectivity index (χ3n) is 4.61. The summed E-state index contributed by atoms with van der Waals surface area (Å²) in [6, 6.07) is 1.93. The average Bonchev–Trinajstić information content (AvgIpc) is 3.17. The summed E-state index contributed by atoms with van der Waals surface area (Å²) in [7, 11) is 1.74. The highest BCUT2D eigenvalue weighted by Gasteiger charge is 2.35. The third kappa shape index (κ3) is 4.84. The van der Waals surface area contributed by atoms with Crippen molar-refractivity contribution >= 4 is 35.1 Å². The summed E-state index contributed by atoms with van der Waals surface area (Å²) in [6.07, 6.45) is -3.41. The minimum atomic E-state index is -4.54. The normalized spacial score (nSPS) is 16.8. The predicted molar refractivity (Wildman–Crippen MR) is 104 cm³/mol.